The van der Waals surface area contributed by atoms with Gasteiger partial charge in [0.25, 0.3) is 0 Å². The summed E-state index contributed by atoms with van der Waals surface area (Å²) in [6, 6.07) is 1.79. The zero-order chi connectivity index (χ0) is 10.3. The number of pyridine rings is 1. The van der Waals surface area contributed by atoms with Crippen molar-refractivity contribution in [3.8, 4) is 0 Å². The first-order valence-corrected chi connectivity index (χ1v) is 5.35. The first-order valence-electron chi connectivity index (χ1n) is 5.35. The van der Waals surface area contributed by atoms with Crippen molar-refractivity contribution in [2.45, 2.75) is 31.6 Å². The Kier molecular flexibility index (Phi) is 1.87. The summed E-state index contributed by atoms with van der Waals surface area (Å²) in [7, 11) is 0. The van der Waals surface area contributed by atoms with Gasteiger partial charge in [0.05, 0.1) is 11.9 Å². The summed E-state index contributed by atoms with van der Waals surface area (Å²) in [6.45, 7) is 0. The second-order valence-corrected chi connectivity index (χ2v) is 4.12. The van der Waals surface area contributed by atoms with Gasteiger partial charge in [-0.2, -0.15) is 4.98 Å². The number of nitrogens with zero attached hydrogens (tertiary/aromatic N) is 2. The van der Waals surface area contributed by atoms with Crippen LogP contribution in [0.4, 0.5) is 5.69 Å². The lowest BCUT2D eigenvalue weighted by molar-refractivity contribution is 0.474. The maximum atomic E-state index is 5.68. The van der Waals surface area contributed by atoms with Crippen molar-refractivity contribution in [2.75, 3.05) is 5.73 Å². The number of aromatic nitrogens is 2. The lowest BCUT2D eigenvalue weighted by atomic mass is 10.1. The van der Waals surface area contributed by atoms with Gasteiger partial charge in [-0.25, -0.2) is 4.98 Å². The molecule has 3 rings (SSSR count). The van der Waals surface area contributed by atoms with E-state index in [9.17, 15) is 0 Å². The number of hydrogen-bond donors (Lipinski definition) is 1. The molecule has 78 valence electrons. The summed E-state index contributed by atoms with van der Waals surface area (Å²) in [4.78, 5) is 8.55. The molecular formula is C11H13N3O. The van der Waals surface area contributed by atoms with E-state index in [-0.39, 0.29) is 0 Å². The predicted octanol–water partition coefficient (Wildman–Crippen LogP) is 2.46. The first-order chi connectivity index (χ1) is 7.33. The number of anilines is 1. The minimum Gasteiger partial charge on any atom is -0.439 e. The van der Waals surface area contributed by atoms with Crippen LogP contribution in [0, 0.1) is 0 Å². The maximum absolute atomic E-state index is 5.68. The molecule has 4 heteroatoms. The van der Waals surface area contributed by atoms with Gasteiger partial charge in [0, 0.05) is 12.0 Å². The van der Waals surface area contributed by atoms with Crippen LogP contribution >= 0.6 is 0 Å². The van der Waals surface area contributed by atoms with E-state index < -0.39 is 0 Å². The number of oxazole rings is 1. The lowest BCUT2D eigenvalue weighted by Gasteiger charge is -2.00. The molecule has 0 aliphatic heterocycles. The highest BCUT2D eigenvalue weighted by atomic mass is 16.3. The topological polar surface area (TPSA) is 64.9 Å². The van der Waals surface area contributed by atoms with Crippen LogP contribution in [-0.4, -0.2) is 9.97 Å². The van der Waals surface area contributed by atoms with E-state index in [2.05, 4.69) is 9.97 Å². The van der Waals surface area contributed by atoms with Crippen molar-refractivity contribution < 1.29 is 4.42 Å². The Morgan fingerprint density at radius 2 is 2.13 bits per heavy atom. The second kappa shape index (κ2) is 3.22. The van der Waals surface area contributed by atoms with Gasteiger partial charge in [-0.3, -0.25) is 0 Å². The van der Waals surface area contributed by atoms with Crippen LogP contribution in [0.1, 0.15) is 37.5 Å². The molecule has 2 aromatic rings. The summed E-state index contributed by atoms with van der Waals surface area (Å²) in [5.74, 6) is 1.32. The summed E-state index contributed by atoms with van der Waals surface area (Å²) in [5, 5.41) is 0. The molecule has 0 amide bonds. The number of fused-ring (bicyclic) bond motifs is 1. The van der Waals surface area contributed by atoms with Gasteiger partial charge < -0.3 is 10.2 Å². The van der Waals surface area contributed by atoms with Gasteiger partial charge in [0.15, 0.2) is 17.1 Å². The van der Waals surface area contributed by atoms with Gasteiger partial charge >= 0.3 is 0 Å². The van der Waals surface area contributed by atoms with Crippen molar-refractivity contribution in [3.05, 3.63) is 18.2 Å². The van der Waals surface area contributed by atoms with E-state index in [0.717, 1.165) is 5.89 Å². The Bertz CT molecular complexity index is 486. The van der Waals surface area contributed by atoms with Crippen molar-refractivity contribution in [3.63, 3.8) is 0 Å². The Balaban J connectivity index is 2.05. The van der Waals surface area contributed by atoms with Crippen LogP contribution in [0.3, 0.4) is 0 Å². The van der Waals surface area contributed by atoms with E-state index in [0.29, 0.717) is 22.8 Å². The van der Waals surface area contributed by atoms with Gasteiger partial charge in [0.2, 0.25) is 0 Å². The molecule has 0 radical (unpaired) electrons. The Morgan fingerprint density at radius 1 is 1.33 bits per heavy atom. The van der Waals surface area contributed by atoms with E-state index >= 15 is 0 Å². The van der Waals surface area contributed by atoms with Gasteiger partial charge in [0.1, 0.15) is 0 Å². The molecule has 0 spiro atoms. The highest BCUT2D eigenvalue weighted by Gasteiger charge is 2.22. The molecule has 1 aliphatic rings. The van der Waals surface area contributed by atoms with E-state index in [1.54, 1.807) is 12.3 Å². The fraction of sp³-hybridized carbons (Fsp3) is 0.455. The molecule has 1 saturated carbocycles. The first kappa shape index (κ1) is 8.71. The maximum Gasteiger partial charge on any atom is 0.200 e. The van der Waals surface area contributed by atoms with Crippen LogP contribution in [0.15, 0.2) is 16.7 Å². The third-order valence-electron chi connectivity index (χ3n) is 2.99. The quantitative estimate of drug-likeness (QED) is 0.773. The molecule has 2 heterocycles. The number of nitrogens with two attached hydrogens (primary N) is 1. The zero-order valence-corrected chi connectivity index (χ0v) is 8.44. The highest BCUT2D eigenvalue weighted by Crippen LogP contribution is 2.34. The molecule has 0 saturated heterocycles. The smallest absolute Gasteiger partial charge is 0.200 e. The molecule has 1 aliphatic carbocycles. The number of rotatable bonds is 1. The second-order valence-electron chi connectivity index (χ2n) is 4.12. The lowest BCUT2D eigenvalue weighted by Crippen LogP contribution is -1.91. The summed E-state index contributed by atoms with van der Waals surface area (Å²) < 4.78 is 5.68. The van der Waals surface area contributed by atoms with E-state index in [1.165, 1.54) is 25.7 Å². The Labute approximate surface area is 87.5 Å². The highest BCUT2D eigenvalue weighted by molar-refractivity contribution is 5.71. The van der Waals surface area contributed by atoms with Crippen molar-refractivity contribution >= 4 is 16.9 Å². The fourth-order valence-electron chi connectivity index (χ4n) is 2.20. The monoisotopic (exact) mass is 203 g/mol. The zero-order valence-electron chi connectivity index (χ0n) is 8.44. The normalized spacial score (nSPS) is 17.6. The predicted molar refractivity (Wildman–Crippen MR) is 57.4 cm³/mol. The molecule has 0 atom stereocenters. The van der Waals surface area contributed by atoms with Crippen LogP contribution in [0.2, 0.25) is 0 Å². The minimum atomic E-state index is 0.487. The molecule has 1 fully saturated rings. The molecule has 0 aromatic carbocycles. The SMILES string of the molecule is Nc1cnc2nc(C3CCCC3)oc2c1. The third kappa shape index (κ3) is 1.46. The number of hydrogen-bond acceptors (Lipinski definition) is 4. The van der Waals surface area contributed by atoms with Crippen LogP contribution < -0.4 is 5.73 Å². The third-order valence-corrected chi connectivity index (χ3v) is 2.99. The molecule has 2 aromatic heterocycles. The van der Waals surface area contributed by atoms with Crippen LogP contribution in [0.25, 0.3) is 11.2 Å². The average molecular weight is 203 g/mol. The molecule has 4 nitrogen and oxygen atoms in total. The van der Waals surface area contributed by atoms with Gasteiger partial charge in [-0.15, -0.1) is 0 Å². The molecule has 0 unspecified atom stereocenters. The Morgan fingerprint density at radius 3 is 2.93 bits per heavy atom. The van der Waals surface area contributed by atoms with Crippen molar-refractivity contribution in [1.29, 1.82) is 0 Å². The van der Waals surface area contributed by atoms with E-state index in [1.807, 2.05) is 0 Å². The van der Waals surface area contributed by atoms with Crippen LogP contribution in [0.5, 0.6) is 0 Å². The van der Waals surface area contributed by atoms with Gasteiger partial charge in [-0.1, -0.05) is 12.8 Å². The standard InChI is InChI=1S/C11H13N3O/c12-8-5-9-10(13-6-8)14-11(15-9)7-3-1-2-4-7/h5-7H,1-4,12H2. The largest absolute Gasteiger partial charge is 0.439 e. The molecule has 0 bridgehead atoms. The average Bonchev–Trinajstić information content (AvgIpc) is 2.84. The van der Waals surface area contributed by atoms with E-state index in [4.69, 9.17) is 10.2 Å². The van der Waals surface area contributed by atoms with Crippen molar-refractivity contribution in [2.24, 2.45) is 0 Å². The molecular weight excluding hydrogens is 190 g/mol. The molecule has 2 N–H and O–H groups in total. The van der Waals surface area contributed by atoms with Gasteiger partial charge in [-0.05, 0) is 12.8 Å². The van der Waals surface area contributed by atoms with Crippen LogP contribution in [-0.2, 0) is 0 Å². The minimum absolute atomic E-state index is 0.487. The Hall–Kier alpha value is -1.58. The summed E-state index contributed by atoms with van der Waals surface area (Å²) >= 11 is 0. The summed E-state index contributed by atoms with van der Waals surface area (Å²) in [6.07, 6.45) is 6.53. The fourth-order valence-corrected chi connectivity index (χ4v) is 2.20. The molecule has 15 heavy (non-hydrogen) atoms. The van der Waals surface area contributed by atoms with Crippen molar-refractivity contribution in [1.82, 2.24) is 9.97 Å². The number of nitrogen functional groups attached to an aromatic ring is 1. The summed E-state index contributed by atoms with van der Waals surface area (Å²) in [5.41, 5.74) is 7.64.